The minimum absolute atomic E-state index is 0.443. The molecule has 106 valence electrons. The molecule has 0 saturated heterocycles. The minimum atomic E-state index is -0.778. The van der Waals surface area contributed by atoms with Crippen molar-refractivity contribution in [3.63, 3.8) is 0 Å². The molecule has 1 saturated carbocycles. The number of nitrogens with one attached hydrogen (secondary N) is 1. The number of benzene rings is 1. The van der Waals surface area contributed by atoms with E-state index in [1.807, 2.05) is 0 Å². The van der Waals surface area contributed by atoms with Crippen LogP contribution in [0.5, 0.6) is 0 Å². The smallest absolute Gasteiger partial charge is 0.159 e. The lowest BCUT2D eigenvalue weighted by molar-refractivity contribution is 0.309. The van der Waals surface area contributed by atoms with Crippen molar-refractivity contribution in [1.82, 2.24) is 5.32 Å². The van der Waals surface area contributed by atoms with Crippen LogP contribution >= 0.6 is 0 Å². The van der Waals surface area contributed by atoms with Gasteiger partial charge in [-0.2, -0.15) is 0 Å². The summed E-state index contributed by atoms with van der Waals surface area (Å²) in [5, 5.41) is 3.47. The fraction of sp³-hybridized carbons (Fsp3) is 0.625. The van der Waals surface area contributed by atoms with Crippen molar-refractivity contribution in [3.8, 4) is 0 Å². The van der Waals surface area contributed by atoms with Gasteiger partial charge in [0.2, 0.25) is 0 Å². The van der Waals surface area contributed by atoms with Gasteiger partial charge in [-0.05, 0) is 48.8 Å². The van der Waals surface area contributed by atoms with Crippen molar-refractivity contribution in [2.24, 2.45) is 5.41 Å². The van der Waals surface area contributed by atoms with Crippen molar-refractivity contribution in [2.75, 3.05) is 0 Å². The fourth-order valence-corrected chi connectivity index (χ4v) is 2.78. The van der Waals surface area contributed by atoms with Crippen LogP contribution in [0.15, 0.2) is 18.2 Å². The van der Waals surface area contributed by atoms with Crippen LogP contribution in [-0.2, 0) is 6.54 Å². The van der Waals surface area contributed by atoms with Gasteiger partial charge in [0, 0.05) is 12.6 Å². The summed E-state index contributed by atoms with van der Waals surface area (Å²) < 4.78 is 25.9. The lowest BCUT2D eigenvalue weighted by Crippen LogP contribution is -2.28. The van der Waals surface area contributed by atoms with Crippen LogP contribution in [0, 0.1) is 17.0 Å². The molecule has 1 N–H and O–H groups in total. The van der Waals surface area contributed by atoms with E-state index in [2.05, 4.69) is 19.2 Å². The quantitative estimate of drug-likeness (QED) is 0.800. The lowest BCUT2D eigenvalue weighted by atomic mass is 9.85. The predicted molar refractivity (Wildman–Crippen MR) is 73.9 cm³/mol. The average molecular weight is 267 g/mol. The van der Waals surface area contributed by atoms with E-state index in [1.54, 1.807) is 6.07 Å². The summed E-state index contributed by atoms with van der Waals surface area (Å²) in [7, 11) is 0. The van der Waals surface area contributed by atoms with Gasteiger partial charge in [-0.3, -0.25) is 0 Å². The highest BCUT2D eigenvalue weighted by atomic mass is 19.2. The summed E-state index contributed by atoms with van der Waals surface area (Å²) in [5.74, 6) is -1.54. The predicted octanol–water partition coefficient (Wildman–Crippen LogP) is 4.41. The Kier molecular flexibility index (Phi) is 4.56. The summed E-state index contributed by atoms with van der Waals surface area (Å²) in [6.07, 6.45) is 6.07. The van der Waals surface area contributed by atoms with Crippen LogP contribution < -0.4 is 5.32 Å². The van der Waals surface area contributed by atoms with Gasteiger partial charge < -0.3 is 5.32 Å². The number of rotatable bonds is 3. The topological polar surface area (TPSA) is 12.0 Å². The zero-order valence-corrected chi connectivity index (χ0v) is 11.8. The molecular weight excluding hydrogens is 244 g/mol. The van der Waals surface area contributed by atoms with Crippen LogP contribution in [0.1, 0.15) is 51.5 Å². The Bertz CT molecular complexity index is 429. The molecule has 0 heterocycles. The van der Waals surface area contributed by atoms with Crippen molar-refractivity contribution in [2.45, 2.75) is 58.5 Å². The zero-order chi connectivity index (χ0) is 13.9. The first-order valence-electron chi connectivity index (χ1n) is 7.14. The van der Waals surface area contributed by atoms with Gasteiger partial charge in [0.05, 0.1) is 0 Å². The van der Waals surface area contributed by atoms with Crippen molar-refractivity contribution in [1.29, 1.82) is 0 Å². The van der Waals surface area contributed by atoms with E-state index in [0.29, 0.717) is 18.0 Å². The van der Waals surface area contributed by atoms with Crippen LogP contribution in [0.25, 0.3) is 0 Å². The van der Waals surface area contributed by atoms with Crippen molar-refractivity contribution >= 4 is 0 Å². The van der Waals surface area contributed by atoms with Crippen LogP contribution in [-0.4, -0.2) is 6.04 Å². The summed E-state index contributed by atoms with van der Waals surface area (Å²) in [6.45, 7) is 5.26. The van der Waals surface area contributed by atoms with Gasteiger partial charge in [0.25, 0.3) is 0 Å². The Morgan fingerprint density at radius 1 is 1.16 bits per heavy atom. The van der Waals surface area contributed by atoms with Crippen LogP contribution in [0.4, 0.5) is 8.78 Å². The minimum Gasteiger partial charge on any atom is -0.310 e. The molecule has 0 spiro atoms. The fourth-order valence-electron chi connectivity index (χ4n) is 2.78. The van der Waals surface area contributed by atoms with Gasteiger partial charge in [-0.25, -0.2) is 8.78 Å². The Labute approximate surface area is 114 Å². The molecule has 1 aliphatic carbocycles. The van der Waals surface area contributed by atoms with E-state index in [1.165, 1.54) is 37.8 Å². The third-order valence-corrected chi connectivity index (χ3v) is 4.15. The molecule has 3 heteroatoms. The second-order valence-corrected chi connectivity index (χ2v) is 6.42. The Hall–Kier alpha value is -0.960. The largest absolute Gasteiger partial charge is 0.310 e. The SMILES string of the molecule is CC1(C)CCCC(NCc2ccc(F)c(F)c2)CC1. The molecule has 19 heavy (non-hydrogen) atoms. The van der Waals surface area contributed by atoms with Gasteiger partial charge in [0.15, 0.2) is 11.6 Å². The normalized spacial score (nSPS) is 23.1. The second kappa shape index (κ2) is 6.00. The van der Waals surface area contributed by atoms with Crippen molar-refractivity contribution in [3.05, 3.63) is 35.4 Å². The van der Waals surface area contributed by atoms with E-state index in [0.717, 1.165) is 12.0 Å². The highest BCUT2D eigenvalue weighted by Crippen LogP contribution is 2.33. The second-order valence-electron chi connectivity index (χ2n) is 6.42. The first-order valence-corrected chi connectivity index (χ1v) is 7.14. The monoisotopic (exact) mass is 267 g/mol. The molecule has 1 aliphatic rings. The molecule has 1 aromatic rings. The van der Waals surface area contributed by atoms with E-state index >= 15 is 0 Å². The number of halogens is 2. The third kappa shape index (κ3) is 4.27. The molecular formula is C16H23F2N. The van der Waals surface area contributed by atoms with E-state index in [9.17, 15) is 8.78 Å². The first kappa shape index (κ1) is 14.4. The molecule has 1 aromatic carbocycles. The molecule has 1 fully saturated rings. The molecule has 0 aliphatic heterocycles. The average Bonchev–Trinajstić information content (AvgIpc) is 2.52. The highest BCUT2D eigenvalue weighted by molar-refractivity contribution is 5.17. The van der Waals surface area contributed by atoms with E-state index in [-0.39, 0.29) is 0 Å². The molecule has 0 amide bonds. The maximum Gasteiger partial charge on any atom is 0.159 e. The molecule has 0 radical (unpaired) electrons. The molecule has 1 unspecified atom stereocenters. The summed E-state index contributed by atoms with van der Waals surface area (Å²) in [6, 6.07) is 4.62. The molecule has 0 aromatic heterocycles. The van der Waals surface area contributed by atoms with Crippen LogP contribution in [0.3, 0.4) is 0 Å². The molecule has 0 bridgehead atoms. The Morgan fingerprint density at radius 3 is 2.68 bits per heavy atom. The highest BCUT2D eigenvalue weighted by Gasteiger charge is 2.23. The Morgan fingerprint density at radius 2 is 1.95 bits per heavy atom. The van der Waals surface area contributed by atoms with Crippen molar-refractivity contribution < 1.29 is 8.78 Å². The molecule has 1 atom stereocenters. The molecule has 1 nitrogen and oxygen atoms in total. The van der Waals surface area contributed by atoms with Gasteiger partial charge in [-0.1, -0.05) is 26.3 Å². The lowest BCUT2D eigenvalue weighted by Gasteiger charge is -2.22. The van der Waals surface area contributed by atoms with E-state index in [4.69, 9.17) is 0 Å². The third-order valence-electron chi connectivity index (χ3n) is 4.15. The van der Waals surface area contributed by atoms with Gasteiger partial charge in [-0.15, -0.1) is 0 Å². The van der Waals surface area contributed by atoms with Gasteiger partial charge >= 0.3 is 0 Å². The summed E-state index contributed by atoms with van der Waals surface area (Å²) >= 11 is 0. The van der Waals surface area contributed by atoms with Crippen LogP contribution in [0.2, 0.25) is 0 Å². The number of hydrogen-bond donors (Lipinski definition) is 1. The number of hydrogen-bond acceptors (Lipinski definition) is 1. The summed E-state index contributed by atoms with van der Waals surface area (Å²) in [5.41, 5.74) is 1.25. The van der Waals surface area contributed by atoms with E-state index < -0.39 is 11.6 Å². The molecule has 2 rings (SSSR count). The summed E-state index contributed by atoms with van der Waals surface area (Å²) in [4.78, 5) is 0. The Balaban J connectivity index is 1.86. The first-order chi connectivity index (χ1) is 8.96. The maximum absolute atomic E-state index is 13.1. The van der Waals surface area contributed by atoms with Gasteiger partial charge in [0.1, 0.15) is 0 Å². The standard InChI is InChI=1S/C16H23F2N/c1-16(2)8-3-4-13(7-9-16)19-11-12-5-6-14(17)15(18)10-12/h5-6,10,13,19H,3-4,7-9,11H2,1-2H3. The zero-order valence-electron chi connectivity index (χ0n) is 11.8. The maximum atomic E-state index is 13.1.